The van der Waals surface area contributed by atoms with E-state index in [0.717, 1.165) is 6.29 Å². The molecule has 0 amide bonds. The molecule has 0 aromatic rings. The van der Waals surface area contributed by atoms with Crippen LogP contribution >= 0.6 is 0 Å². The molecule has 0 spiro atoms. The van der Waals surface area contributed by atoms with Crippen molar-refractivity contribution in [3.05, 3.63) is 0 Å². The fourth-order valence-corrected chi connectivity index (χ4v) is 1.62. The average molecular weight is 198 g/mol. The lowest BCUT2D eigenvalue weighted by Gasteiger charge is -2.12. The predicted octanol–water partition coefficient (Wildman–Crippen LogP) is 0.732. The number of ketones is 1. The van der Waals surface area contributed by atoms with Crippen molar-refractivity contribution in [2.75, 3.05) is 0 Å². The topological polar surface area (TPSA) is 60.4 Å². The molecule has 78 valence electrons. The highest BCUT2D eigenvalue weighted by atomic mass is 16.6. The number of Topliss-reactive ketones (excluding diaryl/α,β-unsaturated/α-hetero) is 1. The summed E-state index contributed by atoms with van der Waals surface area (Å²) in [5.74, 6) is -1.05. The van der Waals surface area contributed by atoms with Crippen LogP contribution in [0, 0.1) is 11.8 Å². The highest BCUT2D eigenvalue weighted by Crippen LogP contribution is 2.29. The van der Waals surface area contributed by atoms with E-state index < -0.39 is 6.10 Å². The maximum absolute atomic E-state index is 11.1. The SMILES string of the molecule is CC(=O)CC[C@@H]1OC(=O)[C@@H](C)[C@@H]1C=O. The van der Waals surface area contributed by atoms with Gasteiger partial charge in [0, 0.05) is 6.42 Å². The van der Waals surface area contributed by atoms with E-state index in [0.29, 0.717) is 12.8 Å². The van der Waals surface area contributed by atoms with Gasteiger partial charge < -0.3 is 14.3 Å². The molecule has 4 heteroatoms. The van der Waals surface area contributed by atoms with Crippen molar-refractivity contribution >= 4 is 18.0 Å². The Balaban J connectivity index is 2.56. The van der Waals surface area contributed by atoms with Crippen LogP contribution in [0.2, 0.25) is 0 Å². The van der Waals surface area contributed by atoms with Crippen molar-refractivity contribution in [3.63, 3.8) is 0 Å². The zero-order chi connectivity index (χ0) is 10.7. The molecule has 0 N–H and O–H groups in total. The van der Waals surface area contributed by atoms with Crippen molar-refractivity contribution < 1.29 is 19.1 Å². The van der Waals surface area contributed by atoms with Gasteiger partial charge in [-0.1, -0.05) is 6.92 Å². The molecule has 0 radical (unpaired) electrons. The second-order valence-electron chi connectivity index (χ2n) is 3.72. The summed E-state index contributed by atoms with van der Waals surface area (Å²) in [6.45, 7) is 3.16. The Labute approximate surface area is 82.6 Å². The monoisotopic (exact) mass is 198 g/mol. The number of aldehydes is 1. The highest BCUT2D eigenvalue weighted by Gasteiger charge is 2.41. The molecule has 1 aliphatic rings. The van der Waals surface area contributed by atoms with Crippen LogP contribution in [0.25, 0.3) is 0 Å². The summed E-state index contributed by atoms with van der Waals surface area (Å²) in [5, 5.41) is 0. The van der Waals surface area contributed by atoms with Crippen LogP contribution in [0.15, 0.2) is 0 Å². The van der Waals surface area contributed by atoms with E-state index in [9.17, 15) is 14.4 Å². The summed E-state index contributed by atoms with van der Waals surface area (Å²) >= 11 is 0. The third-order valence-electron chi connectivity index (χ3n) is 2.58. The molecular formula is C10H14O4. The molecule has 1 aliphatic heterocycles. The van der Waals surface area contributed by atoms with Crippen molar-refractivity contribution in [2.24, 2.45) is 11.8 Å². The second-order valence-corrected chi connectivity index (χ2v) is 3.72. The third kappa shape index (κ3) is 2.19. The zero-order valence-corrected chi connectivity index (χ0v) is 8.36. The van der Waals surface area contributed by atoms with Crippen molar-refractivity contribution in [1.82, 2.24) is 0 Å². The van der Waals surface area contributed by atoms with Crippen LogP contribution in [-0.4, -0.2) is 24.1 Å². The molecule has 4 nitrogen and oxygen atoms in total. The van der Waals surface area contributed by atoms with E-state index in [1.807, 2.05) is 0 Å². The maximum atomic E-state index is 11.1. The number of hydrogen-bond acceptors (Lipinski definition) is 4. The van der Waals surface area contributed by atoms with Gasteiger partial charge in [-0.3, -0.25) is 4.79 Å². The molecule has 0 unspecified atom stereocenters. The summed E-state index contributed by atoms with van der Waals surface area (Å²) in [4.78, 5) is 32.6. The maximum Gasteiger partial charge on any atom is 0.309 e. The lowest BCUT2D eigenvalue weighted by molar-refractivity contribution is -0.144. The minimum absolute atomic E-state index is 0.0465. The third-order valence-corrected chi connectivity index (χ3v) is 2.58. The second kappa shape index (κ2) is 4.35. The van der Waals surface area contributed by atoms with Crippen molar-refractivity contribution in [2.45, 2.75) is 32.8 Å². The van der Waals surface area contributed by atoms with Crippen LogP contribution in [-0.2, 0) is 19.1 Å². The van der Waals surface area contributed by atoms with Gasteiger partial charge in [0.2, 0.25) is 0 Å². The van der Waals surface area contributed by atoms with E-state index in [2.05, 4.69) is 0 Å². The molecule has 1 fully saturated rings. The highest BCUT2D eigenvalue weighted by molar-refractivity contribution is 5.80. The zero-order valence-electron chi connectivity index (χ0n) is 8.36. The Kier molecular flexibility index (Phi) is 3.38. The molecule has 3 atom stereocenters. The molecule has 0 saturated carbocycles. The predicted molar refractivity (Wildman–Crippen MR) is 48.5 cm³/mol. The first-order chi connectivity index (χ1) is 6.56. The van der Waals surface area contributed by atoms with Crippen LogP contribution in [0.5, 0.6) is 0 Å². The largest absolute Gasteiger partial charge is 0.461 e. The average Bonchev–Trinajstić information content (AvgIpc) is 2.39. The molecule has 14 heavy (non-hydrogen) atoms. The van der Waals surface area contributed by atoms with Gasteiger partial charge >= 0.3 is 5.97 Å². The quantitative estimate of drug-likeness (QED) is 0.493. The summed E-state index contributed by atoms with van der Waals surface area (Å²) in [5.41, 5.74) is 0. The van der Waals surface area contributed by atoms with Crippen LogP contribution < -0.4 is 0 Å². The number of ether oxygens (including phenoxy) is 1. The van der Waals surface area contributed by atoms with Gasteiger partial charge in [-0.2, -0.15) is 0 Å². The first kappa shape index (κ1) is 10.9. The van der Waals surface area contributed by atoms with Crippen LogP contribution in [0.3, 0.4) is 0 Å². The van der Waals surface area contributed by atoms with Crippen LogP contribution in [0.4, 0.5) is 0 Å². The molecule has 1 heterocycles. The van der Waals surface area contributed by atoms with E-state index in [4.69, 9.17) is 4.74 Å². The van der Waals surface area contributed by atoms with Gasteiger partial charge in [0.25, 0.3) is 0 Å². The Hall–Kier alpha value is -1.19. The number of rotatable bonds is 4. The minimum atomic E-state index is -0.404. The summed E-state index contributed by atoms with van der Waals surface area (Å²) < 4.78 is 5.01. The van der Waals surface area contributed by atoms with Gasteiger partial charge in [-0.05, 0) is 13.3 Å². The van der Waals surface area contributed by atoms with E-state index >= 15 is 0 Å². The molecule has 0 aromatic heterocycles. The molecule has 0 aromatic carbocycles. The van der Waals surface area contributed by atoms with Gasteiger partial charge in [0.1, 0.15) is 18.2 Å². The molecule has 1 saturated heterocycles. The fourth-order valence-electron chi connectivity index (χ4n) is 1.62. The summed E-state index contributed by atoms with van der Waals surface area (Å²) in [6.07, 6.45) is 1.16. The number of cyclic esters (lactones) is 1. The smallest absolute Gasteiger partial charge is 0.309 e. The molecular weight excluding hydrogens is 184 g/mol. The molecule has 0 bridgehead atoms. The molecule has 0 aliphatic carbocycles. The molecule has 1 rings (SSSR count). The van der Waals surface area contributed by atoms with Gasteiger partial charge in [-0.15, -0.1) is 0 Å². The van der Waals surface area contributed by atoms with Crippen LogP contribution in [0.1, 0.15) is 26.7 Å². The lowest BCUT2D eigenvalue weighted by atomic mass is 9.91. The van der Waals surface area contributed by atoms with Gasteiger partial charge in [0.05, 0.1) is 11.8 Å². The Morgan fingerprint density at radius 2 is 2.21 bits per heavy atom. The number of esters is 1. The van der Waals surface area contributed by atoms with Crippen molar-refractivity contribution in [1.29, 1.82) is 0 Å². The van der Waals surface area contributed by atoms with E-state index in [-0.39, 0.29) is 23.6 Å². The number of carbonyl (C=O) groups is 3. The first-order valence-corrected chi connectivity index (χ1v) is 4.71. The van der Waals surface area contributed by atoms with Gasteiger partial charge in [0.15, 0.2) is 0 Å². The lowest BCUT2D eigenvalue weighted by Crippen LogP contribution is -2.21. The first-order valence-electron chi connectivity index (χ1n) is 4.71. The number of carbonyl (C=O) groups excluding carboxylic acids is 3. The fraction of sp³-hybridized carbons (Fsp3) is 0.700. The van der Waals surface area contributed by atoms with Gasteiger partial charge in [-0.25, -0.2) is 0 Å². The Morgan fingerprint density at radius 1 is 1.57 bits per heavy atom. The standard InChI is InChI=1S/C10H14O4/c1-6(12)3-4-9-8(5-11)7(2)10(13)14-9/h5,7-9H,3-4H2,1-2H3/t7-,8-,9-/m0/s1. The Bertz CT molecular complexity index is 259. The van der Waals surface area contributed by atoms with E-state index in [1.54, 1.807) is 6.92 Å². The Morgan fingerprint density at radius 3 is 2.71 bits per heavy atom. The van der Waals surface area contributed by atoms with Crippen molar-refractivity contribution in [3.8, 4) is 0 Å². The minimum Gasteiger partial charge on any atom is -0.461 e. The summed E-state index contributed by atoms with van der Waals surface area (Å²) in [7, 11) is 0. The number of hydrogen-bond donors (Lipinski definition) is 0. The normalized spacial score (nSPS) is 31.3. The summed E-state index contributed by atoms with van der Waals surface area (Å²) in [6, 6.07) is 0. The van der Waals surface area contributed by atoms with E-state index in [1.165, 1.54) is 6.92 Å².